The second kappa shape index (κ2) is 5.17. The third-order valence-corrected chi connectivity index (χ3v) is 3.33. The number of carboxylic acids is 1. The topological polar surface area (TPSA) is 50.2 Å². The van der Waals surface area contributed by atoms with Crippen LogP contribution in [0.3, 0.4) is 0 Å². The van der Waals surface area contributed by atoms with Gasteiger partial charge in [-0.2, -0.15) is 0 Å². The average molecular weight is 278 g/mol. The molecule has 19 heavy (non-hydrogen) atoms. The van der Waals surface area contributed by atoms with E-state index in [9.17, 15) is 4.79 Å². The van der Waals surface area contributed by atoms with Gasteiger partial charge in [0.1, 0.15) is 0 Å². The fraction of sp³-hybridized carbons (Fsp3) is 0.333. The Bertz CT molecular complexity index is 650. The molecule has 0 aliphatic heterocycles. The van der Waals surface area contributed by atoms with Crippen molar-refractivity contribution >= 4 is 28.5 Å². The minimum Gasteiger partial charge on any atom is -0.481 e. The summed E-state index contributed by atoms with van der Waals surface area (Å²) in [4.78, 5) is 15.6. The van der Waals surface area contributed by atoms with Crippen LogP contribution in [0.5, 0.6) is 0 Å². The predicted molar refractivity (Wildman–Crippen MR) is 76.9 cm³/mol. The van der Waals surface area contributed by atoms with Crippen molar-refractivity contribution in [1.29, 1.82) is 0 Å². The second-order valence-electron chi connectivity index (χ2n) is 5.05. The first-order valence-electron chi connectivity index (χ1n) is 6.20. The van der Waals surface area contributed by atoms with Gasteiger partial charge in [0.2, 0.25) is 0 Å². The van der Waals surface area contributed by atoms with Crippen LogP contribution in [0.25, 0.3) is 10.9 Å². The number of pyridine rings is 1. The maximum Gasteiger partial charge on any atom is 0.307 e. The molecule has 3 nitrogen and oxygen atoms in total. The van der Waals surface area contributed by atoms with Crippen molar-refractivity contribution in [1.82, 2.24) is 4.98 Å². The van der Waals surface area contributed by atoms with Crippen LogP contribution in [0.4, 0.5) is 0 Å². The van der Waals surface area contributed by atoms with Crippen molar-refractivity contribution in [2.24, 2.45) is 0 Å². The van der Waals surface area contributed by atoms with E-state index in [4.69, 9.17) is 16.7 Å². The predicted octanol–water partition coefficient (Wildman–Crippen LogP) is 3.95. The van der Waals surface area contributed by atoms with Crippen LogP contribution >= 0.6 is 11.6 Å². The lowest BCUT2D eigenvalue weighted by Crippen LogP contribution is -2.04. The number of halogens is 1. The number of rotatable bonds is 3. The smallest absolute Gasteiger partial charge is 0.307 e. The minimum absolute atomic E-state index is 0.0154. The van der Waals surface area contributed by atoms with Gasteiger partial charge in [-0.3, -0.25) is 9.78 Å². The van der Waals surface area contributed by atoms with Crippen LogP contribution in [0.2, 0.25) is 5.02 Å². The number of hydrogen-bond acceptors (Lipinski definition) is 2. The molecule has 1 aromatic heterocycles. The summed E-state index contributed by atoms with van der Waals surface area (Å²) in [7, 11) is 0. The lowest BCUT2D eigenvalue weighted by molar-refractivity contribution is -0.136. The monoisotopic (exact) mass is 277 g/mol. The molecule has 1 heterocycles. The zero-order valence-corrected chi connectivity index (χ0v) is 12.0. The summed E-state index contributed by atoms with van der Waals surface area (Å²) in [6.07, 6.45) is -0.0154. The van der Waals surface area contributed by atoms with Crippen molar-refractivity contribution < 1.29 is 9.90 Å². The molecule has 0 saturated carbocycles. The Labute approximate surface area is 117 Å². The highest BCUT2D eigenvalue weighted by molar-refractivity contribution is 6.31. The lowest BCUT2D eigenvalue weighted by atomic mass is 9.99. The van der Waals surface area contributed by atoms with Crippen LogP contribution in [0.15, 0.2) is 18.2 Å². The minimum atomic E-state index is -0.847. The maximum atomic E-state index is 11.0. The third-order valence-electron chi connectivity index (χ3n) is 3.11. The van der Waals surface area contributed by atoms with E-state index >= 15 is 0 Å². The van der Waals surface area contributed by atoms with Crippen LogP contribution in [0, 0.1) is 6.92 Å². The number of fused-ring (bicyclic) bond motifs is 1. The number of carboxylic acid groups (broad SMARTS) is 1. The first kappa shape index (κ1) is 13.8. The van der Waals surface area contributed by atoms with Gasteiger partial charge in [0, 0.05) is 16.1 Å². The maximum absolute atomic E-state index is 11.0. The summed E-state index contributed by atoms with van der Waals surface area (Å²) in [5.74, 6) is -0.591. The molecule has 0 saturated heterocycles. The van der Waals surface area contributed by atoms with Crippen molar-refractivity contribution in [3.8, 4) is 0 Å². The number of hydrogen-bond donors (Lipinski definition) is 1. The zero-order valence-electron chi connectivity index (χ0n) is 11.2. The molecule has 1 aromatic carbocycles. The van der Waals surface area contributed by atoms with Crippen LogP contribution in [-0.2, 0) is 11.2 Å². The molecular formula is C15H16ClNO2. The van der Waals surface area contributed by atoms with Crippen molar-refractivity contribution in [3.63, 3.8) is 0 Å². The number of aliphatic carboxylic acids is 1. The molecule has 2 rings (SSSR count). The van der Waals surface area contributed by atoms with Crippen LogP contribution in [-0.4, -0.2) is 16.1 Å². The van der Waals surface area contributed by atoms with Crippen molar-refractivity contribution in [2.75, 3.05) is 0 Å². The van der Waals surface area contributed by atoms with E-state index in [1.807, 2.05) is 32.9 Å². The number of aryl methyl sites for hydroxylation is 1. The molecular weight excluding hydrogens is 262 g/mol. The average Bonchev–Trinajstić information content (AvgIpc) is 2.28. The van der Waals surface area contributed by atoms with E-state index < -0.39 is 5.97 Å². The van der Waals surface area contributed by atoms with Gasteiger partial charge in [-0.05, 0) is 42.2 Å². The van der Waals surface area contributed by atoms with E-state index in [2.05, 4.69) is 4.98 Å². The van der Waals surface area contributed by atoms with E-state index in [1.165, 1.54) is 0 Å². The first-order valence-corrected chi connectivity index (χ1v) is 6.57. The van der Waals surface area contributed by atoms with Gasteiger partial charge < -0.3 is 5.11 Å². The molecule has 0 fully saturated rings. The number of benzene rings is 1. The molecule has 0 aliphatic carbocycles. The van der Waals surface area contributed by atoms with Crippen molar-refractivity contribution in [2.45, 2.75) is 33.1 Å². The number of carbonyl (C=O) groups is 1. The van der Waals surface area contributed by atoms with Gasteiger partial charge in [0.05, 0.1) is 11.9 Å². The quantitative estimate of drug-likeness (QED) is 0.924. The molecule has 0 unspecified atom stereocenters. The standard InChI is InChI=1S/C15H16ClNO2/c1-8(2)13-5-10(6-14(18)19)12-7-11(16)4-9(3)15(12)17-13/h4-5,7-8H,6H2,1-3H3,(H,18,19). The normalized spacial score (nSPS) is 11.2. The molecule has 1 N–H and O–H groups in total. The Balaban J connectivity index is 2.77. The summed E-state index contributed by atoms with van der Waals surface area (Å²) < 4.78 is 0. The van der Waals surface area contributed by atoms with Gasteiger partial charge in [0.25, 0.3) is 0 Å². The van der Waals surface area contributed by atoms with Gasteiger partial charge in [-0.15, -0.1) is 0 Å². The van der Waals surface area contributed by atoms with E-state index in [0.29, 0.717) is 5.02 Å². The molecule has 4 heteroatoms. The highest BCUT2D eigenvalue weighted by atomic mass is 35.5. The molecule has 0 spiro atoms. The molecule has 0 aliphatic rings. The number of nitrogens with zero attached hydrogens (tertiary/aromatic N) is 1. The summed E-state index contributed by atoms with van der Waals surface area (Å²) in [5.41, 5.74) is 3.49. The van der Waals surface area contributed by atoms with Crippen molar-refractivity contribution in [3.05, 3.63) is 40.0 Å². The summed E-state index contributed by atoms with van der Waals surface area (Å²) >= 11 is 6.06. The summed E-state index contributed by atoms with van der Waals surface area (Å²) in [6, 6.07) is 5.52. The highest BCUT2D eigenvalue weighted by Gasteiger charge is 2.13. The zero-order chi connectivity index (χ0) is 14.2. The Morgan fingerprint density at radius 3 is 2.63 bits per heavy atom. The molecule has 0 amide bonds. The largest absolute Gasteiger partial charge is 0.481 e. The molecule has 0 atom stereocenters. The van der Waals surface area contributed by atoms with Gasteiger partial charge in [-0.1, -0.05) is 25.4 Å². The fourth-order valence-corrected chi connectivity index (χ4v) is 2.42. The Hall–Kier alpha value is -1.61. The van der Waals surface area contributed by atoms with E-state index in [-0.39, 0.29) is 12.3 Å². The molecule has 0 radical (unpaired) electrons. The van der Waals surface area contributed by atoms with E-state index in [0.717, 1.165) is 27.7 Å². The van der Waals surface area contributed by atoms with E-state index in [1.54, 1.807) is 6.07 Å². The van der Waals surface area contributed by atoms with Gasteiger partial charge >= 0.3 is 5.97 Å². The van der Waals surface area contributed by atoms with Crippen LogP contribution in [0.1, 0.15) is 36.6 Å². The Morgan fingerprint density at radius 2 is 2.05 bits per heavy atom. The summed E-state index contributed by atoms with van der Waals surface area (Å²) in [6.45, 7) is 6.03. The third kappa shape index (κ3) is 2.87. The molecule has 2 aromatic rings. The SMILES string of the molecule is Cc1cc(Cl)cc2c(CC(=O)O)cc(C(C)C)nc12. The highest BCUT2D eigenvalue weighted by Crippen LogP contribution is 2.28. The van der Waals surface area contributed by atoms with Gasteiger partial charge in [-0.25, -0.2) is 0 Å². The Morgan fingerprint density at radius 1 is 1.37 bits per heavy atom. The molecule has 0 bridgehead atoms. The van der Waals surface area contributed by atoms with Crippen LogP contribution < -0.4 is 0 Å². The lowest BCUT2D eigenvalue weighted by Gasteiger charge is -2.12. The fourth-order valence-electron chi connectivity index (χ4n) is 2.15. The number of aromatic nitrogens is 1. The Kier molecular flexibility index (Phi) is 3.76. The summed E-state index contributed by atoms with van der Waals surface area (Å²) in [5, 5.41) is 10.5. The second-order valence-corrected chi connectivity index (χ2v) is 5.49. The van der Waals surface area contributed by atoms with Gasteiger partial charge in [0.15, 0.2) is 0 Å². The first-order chi connectivity index (χ1) is 8.88. The molecule has 100 valence electrons.